The van der Waals surface area contributed by atoms with Crippen LogP contribution in [0.15, 0.2) is 30.3 Å². The average Bonchev–Trinajstić information content (AvgIpc) is 3.03. The Labute approximate surface area is 159 Å². The third-order valence-electron chi connectivity index (χ3n) is 4.57. The zero-order valence-electron chi connectivity index (χ0n) is 16.6. The lowest BCUT2D eigenvalue weighted by atomic mass is 10.0. The predicted octanol–water partition coefficient (Wildman–Crippen LogP) is 3.04. The topological polar surface area (TPSA) is 74.3 Å². The summed E-state index contributed by atoms with van der Waals surface area (Å²) in [5.74, 6) is -1.43. The minimum Gasteiger partial charge on any atom is -0.467 e. The van der Waals surface area contributed by atoms with Crippen LogP contribution in [0.3, 0.4) is 0 Å². The molecule has 0 N–H and O–H groups in total. The number of hydrogen-bond acceptors (Lipinski definition) is 6. The lowest BCUT2D eigenvalue weighted by Gasteiger charge is -2.34. The highest BCUT2D eigenvalue weighted by Crippen LogP contribution is 2.47. The molecule has 0 unspecified atom stereocenters. The summed E-state index contributed by atoms with van der Waals surface area (Å²) in [5.41, 5.74) is 0.128. The van der Waals surface area contributed by atoms with Gasteiger partial charge in [-0.1, -0.05) is 30.3 Å². The van der Waals surface area contributed by atoms with E-state index in [4.69, 9.17) is 18.9 Å². The van der Waals surface area contributed by atoms with Gasteiger partial charge < -0.3 is 18.9 Å². The average molecular weight is 377 g/mol. The van der Waals surface area contributed by atoms with Crippen molar-refractivity contribution in [3.05, 3.63) is 35.9 Å². The Bertz CT molecular complexity index is 711. The molecule has 1 aromatic rings. The second-order valence-corrected chi connectivity index (χ2v) is 8.28. The molecule has 0 aliphatic carbocycles. The van der Waals surface area contributed by atoms with Gasteiger partial charge >= 0.3 is 12.1 Å². The number of esters is 1. The van der Waals surface area contributed by atoms with Crippen molar-refractivity contribution in [3.8, 4) is 0 Å². The maximum atomic E-state index is 13.1. The number of methoxy groups -OCH3 is 1. The molecule has 27 heavy (non-hydrogen) atoms. The van der Waals surface area contributed by atoms with Gasteiger partial charge in [-0.25, -0.2) is 9.59 Å². The molecule has 0 bridgehead atoms. The SMILES string of the molecule is COC(=O)[C@@H]1[C@H]2OC(C)(C)O[C@H]2[C@H](c2ccccc2)N1C(=O)OC(C)(C)C. The third-order valence-corrected chi connectivity index (χ3v) is 4.57. The summed E-state index contributed by atoms with van der Waals surface area (Å²) in [7, 11) is 1.29. The van der Waals surface area contributed by atoms with E-state index in [1.807, 2.05) is 30.3 Å². The second kappa shape index (κ2) is 6.80. The largest absolute Gasteiger partial charge is 0.467 e. The number of carbonyl (C=O) groups excluding carboxylic acids is 2. The van der Waals surface area contributed by atoms with Crippen LogP contribution in [0.1, 0.15) is 46.2 Å². The van der Waals surface area contributed by atoms with Crippen molar-refractivity contribution in [2.75, 3.05) is 7.11 Å². The standard InChI is InChI=1S/C20H27NO6/c1-19(2,3)27-18(23)21-13(12-10-8-7-9-11-12)15-16(14(21)17(22)24-6)26-20(4,5)25-15/h7-11,13-16H,1-6H3/t13-,14-,15-,16+/m0/s1. The van der Waals surface area contributed by atoms with Gasteiger partial charge in [0.2, 0.25) is 0 Å². The number of rotatable bonds is 2. The molecule has 2 fully saturated rings. The molecule has 2 heterocycles. The molecule has 2 aliphatic heterocycles. The Hall–Kier alpha value is -2.12. The summed E-state index contributed by atoms with van der Waals surface area (Å²) in [6, 6.07) is 7.95. The third kappa shape index (κ3) is 3.80. The number of amides is 1. The van der Waals surface area contributed by atoms with Crippen molar-refractivity contribution in [2.45, 2.75) is 70.3 Å². The number of fused-ring (bicyclic) bond motifs is 1. The van der Waals surface area contributed by atoms with Crippen LogP contribution in [0, 0.1) is 0 Å². The maximum Gasteiger partial charge on any atom is 0.411 e. The second-order valence-electron chi connectivity index (χ2n) is 8.28. The first kappa shape index (κ1) is 19.6. The molecule has 1 aromatic carbocycles. The Kier molecular flexibility index (Phi) is 4.94. The Morgan fingerprint density at radius 3 is 2.22 bits per heavy atom. The van der Waals surface area contributed by atoms with Crippen LogP contribution in [0.2, 0.25) is 0 Å². The fraction of sp³-hybridized carbons (Fsp3) is 0.600. The van der Waals surface area contributed by atoms with E-state index in [-0.39, 0.29) is 0 Å². The predicted molar refractivity (Wildman–Crippen MR) is 96.9 cm³/mol. The smallest absolute Gasteiger partial charge is 0.411 e. The zero-order chi connectivity index (χ0) is 20.0. The highest BCUT2D eigenvalue weighted by molar-refractivity contribution is 5.84. The Morgan fingerprint density at radius 1 is 1.07 bits per heavy atom. The number of likely N-dealkylation sites (tertiary alicyclic amines) is 1. The van der Waals surface area contributed by atoms with Crippen LogP contribution in [0.4, 0.5) is 4.79 Å². The van der Waals surface area contributed by atoms with Crippen LogP contribution in [-0.2, 0) is 23.7 Å². The van der Waals surface area contributed by atoms with Crippen molar-refractivity contribution < 1.29 is 28.5 Å². The fourth-order valence-electron chi connectivity index (χ4n) is 3.71. The normalized spacial score (nSPS) is 29.3. The first-order valence-corrected chi connectivity index (χ1v) is 9.04. The number of nitrogens with zero attached hydrogens (tertiary/aromatic N) is 1. The molecule has 0 spiro atoms. The van der Waals surface area contributed by atoms with Gasteiger partial charge in [-0.15, -0.1) is 0 Å². The van der Waals surface area contributed by atoms with E-state index in [1.54, 1.807) is 34.6 Å². The molecule has 7 nitrogen and oxygen atoms in total. The van der Waals surface area contributed by atoms with Gasteiger partial charge in [-0.3, -0.25) is 4.90 Å². The van der Waals surface area contributed by atoms with Crippen molar-refractivity contribution >= 4 is 12.1 Å². The lowest BCUT2D eigenvalue weighted by Crippen LogP contribution is -2.49. The van der Waals surface area contributed by atoms with Crippen LogP contribution < -0.4 is 0 Å². The molecule has 2 saturated heterocycles. The molecule has 4 atom stereocenters. The number of ether oxygens (including phenoxy) is 4. The van der Waals surface area contributed by atoms with Crippen molar-refractivity contribution in [2.24, 2.45) is 0 Å². The first-order valence-electron chi connectivity index (χ1n) is 9.04. The molecule has 0 aromatic heterocycles. The summed E-state index contributed by atoms with van der Waals surface area (Å²) < 4.78 is 22.7. The molecule has 0 saturated carbocycles. The quantitative estimate of drug-likeness (QED) is 0.738. The van der Waals surface area contributed by atoms with E-state index in [9.17, 15) is 9.59 Å². The Morgan fingerprint density at radius 2 is 1.67 bits per heavy atom. The fourth-order valence-corrected chi connectivity index (χ4v) is 3.71. The van der Waals surface area contributed by atoms with Gasteiger partial charge in [0.25, 0.3) is 0 Å². The number of carbonyl (C=O) groups is 2. The summed E-state index contributed by atoms with van der Waals surface area (Å²) in [6.07, 6.45) is -1.77. The molecule has 7 heteroatoms. The summed E-state index contributed by atoms with van der Waals surface area (Å²) in [5, 5.41) is 0. The van der Waals surface area contributed by atoms with Crippen LogP contribution in [-0.4, -0.2) is 53.7 Å². The molecule has 3 rings (SSSR count). The summed E-state index contributed by atoms with van der Waals surface area (Å²) >= 11 is 0. The summed E-state index contributed by atoms with van der Waals surface area (Å²) in [6.45, 7) is 8.92. The van der Waals surface area contributed by atoms with Crippen molar-refractivity contribution in [1.82, 2.24) is 4.90 Å². The highest BCUT2D eigenvalue weighted by Gasteiger charge is 2.63. The molecular formula is C20H27NO6. The van der Waals surface area contributed by atoms with E-state index in [2.05, 4.69) is 0 Å². The van der Waals surface area contributed by atoms with Gasteiger partial charge in [-0.05, 0) is 40.2 Å². The Balaban J connectivity index is 2.07. The molecular weight excluding hydrogens is 350 g/mol. The van der Waals surface area contributed by atoms with Crippen LogP contribution in [0.25, 0.3) is 0 Å². The van der Waals surface area contributed by atoms with E-state index < -0.39 is 47.7 Å². The number of hydrogen-bond donors (Lipinski definition) is 0. The number of benzene rings is 1. The van der Waals surface area contributed by atoms with E-state index >= 15 is 0 Å². The molecule has 148 valence electrons. The van der Waals surface area contributed by atoms with Gasteiger partial charge in [0.15, 0.2) is 11.8 Å². The highest BCUT2D eigenvalue weighted by atomic mass is 16.8. The minimum atomic E-state index is -0.957. The zero-order valence-corrected chi connectivity index (χ0v) is 16.6. The van der Waals surface area contributed by atoms with Gasteiger partial charge in [0.1, 0.15) is 17.8 Å². The monoisotopic (exact) mass is 377 g/mol. The van der Waals surface area contributed by atoms with E-state index in [0.717, 1.165) is 5.56 Å². The molecule has 1 amide bonds. The van der Waals surface area contributed by atoms with E-state index in [1.165, 1.54) is 12.0 Å². The molecule has 2 aliphatic rings. The summed E-state index contributed by atoms with van der Waals surface area (Å²) in [4.78, 5) is 27.1. The first-order chi connectivity index (χ1) is 12.5. The van der Waals surface area contributed by atoms with Gasteiger partial charge in [0.05, 0.1) is 13.2 Å². The van der Waals surface area contributed by atoms with Crippen LogP contribution in [0.5, 0.6) is 0 Å². The van der Waals surface area contributed by atoms with Crippen LogP contribution >= 0.6 is 0 Å². The van der Waals surface area contributed by atoms with E-state index in [0.29, 0.717) is 0 Å². The minimum absolute atomic E-state index is 0.515. The van der Waals surface area contributed by atoms with Crippen molar-refractivity contribution in [1.29, 1.82) is 0 Å². The maximum absolute atomic E-state index is 13.1. The lowest BCUT2D eigenvalue weighted by molar-refractivity contribution is -0.175. The van der Waals surface area contributed by atoms with Crippen molar-refractivity contribution in [3.63, 3.8) is 0 Å². The van der Waals surface area contributed by atoms with Gasteiger partial charge in [0, 0.05) is 0 Å². The van der Waals surface area contributed by atoms with Gasteiger partial charge in [-0.2, -0.15) is 0 Å². The molecule has 0 radical (unpaired) electrons.